The van der Waals surface area contributed by atoms with Crippen LogP contribution in [0.4, 0.5) is 0 Å². The van der Waals surface area contributed by atoms with Gasteiger partial charge in [0.25, 0.3) is 5.78 Å². The van der Waals surface area contributed by atoms with E-state index in [0.29, 0.717) is 10.9 Å². The van der Waals surface area contributed by atoms with Crippen LogP contribution in [0.5, 0.6) is 5.88 Å². The zero-order chi connectivity index (χ0) is 11.1. The fraction of sp³-hybridized carbons (Fsp3) is 0.444. The fourth-order valence-electron chi connectivity index (χ4n) is 1.70. The van der Waals surface area contributed by atoms with E-state index in [4.69, 9.17) is 0 Å². The number of hydrogen-bond acceptors (Lipinski definition) is 6. The molecule has 0 saturated carbocycles. The van der Waals surface area contributed by atoms with E-state index in [1.807, 2.05) is 6.26 Å². The van der Waals surface area contributed by atoms with Gasteiger partial charge >= 0.3 is 0 Å². The van der Waals surface area contributed by atoms with Gasteiger partial charge in [0.15, 0.2) is 0 Å². The van der Waals surface area contributed by atoms with Crippen molar-refractivity contribution < 1.29 is 5.11 Å². The lowest BCUT2D eigenvalue weighted by Crippen LogP contribution is -2.11. The Morgan fingerprint density at radius 2 is 2.31 bits per heavy atom. The van der Waals surface area contributed by atoms with E-state index < -0.39 is 0 Å². The number of aryl methyl sites for hydroxylation is 1. The average molecular weight is 253 g/mol. The van der Waals surface area contributed by atoms with Crippen molar-refractivity contribution in [3.05, 3.63) is 5.69 Å². The minimum absolute atomic E-state index is 0.0718. The second-order valence-corrected chi connectivity index (χ2v) is 5.33. The van der Waals surface area contributed by atoms with Gasteiger partial charge in [-0.2, -0.15) is 4.98 Å². The first-order valence-electron chi connectivity index (χ1n) is 4.93. The van der Waals surface area contributed by atoms with E-state index in [9.17, 15) is 5.11 Å². The Labute approximate surface area is 101 Å². The highest BCUT2D eigenvalue weighted by atomic mass is 32.2. The standard InChI is InChI=1S/C9H10N4OS2/c1-15-9-11-8-10-5-3-2-4-16-6(5)7(14)13(8)12-9/h14H,2-4H2,1H3/p-1. The number of nitrogens with zero attached hydrogens (tertiary/aromatic N) is 4. The minimum Gasteiger partial charge on any atom is -0.858 e. The van der Waals surface area contributed by atoms with Crippen LogP contribution in [0.2, 0.25) is 0 Å². The van der Waals surface area contributed by atoms with Crippen LogP contribution in [0.1, 0.15) is 12.1 Å². The molecule has 0 unspecified atom stereocenters. The maximum absolute atomic E-state index is 12.1. The monoisotopic (exact) mass is 253 g/mol. The number of thioether (sulfide) groups is 2. The van der Waals surface area contributed by atoms with Gasteiger partial charge in [0.2, 0.25) is 5.16 Å². The van der Waals surface area contributed by atoms with Gasteiger partial charge < -0.3 is 5.11 Å². The molecule has 0 atom stereocenters. The van der Waals surface area contributed by atoms with Gasteiger partial charge in [-0.1, -0.05) is 11.8 Å². The van der Waals surface area contributed by atoms with Crippen LogP contribution in [0.25, 0.3) is 5.78 Å². The summed E-state index contributed by atoms with van der Waals surface area (Å²) < 4.78 is 1.31. The molecule has 0 saturated heterocycles. The number of hydrogen-bond donors (Lipinski definition) is 0. The molecule has 1 aliphatic rings. The van der Waals surface area contributed by atoms with E-state index in [1.54, 1.807) is 11.8 Å². The summed E-state index contributed by atoms with van der Waals surface area (Å²) in [4.78, 5) is 9.34. The summed E-state index contributed by atoms with van der Waals surface area (Å²) in [6, 6.07) is 0. The van der Waals surface area contributed by atoms with Gasteiger partial charge in [-0.15, -0.1) is 16.9 Å². The van der Waals surface area contributed by atoms with Crippen LogP contribution < -0.4 is 5.11 Å². The number of rotatable bonds is 1. The highest BCUT2D eigenvalue weighted by Gasteiger charge is 2.16. The van der Waals surface area contributed by atoms with Crippen LogP contribution in [-0.4, -0.2) is 31.6 Å². The lowest BCUT2D eigenvalue weighted by atomic mass is 10.2. The van der Waals surface area contributed by atoms with Gasteiger partial charge in [0, 0.05) is 10.8 Å². The van der Waals surface area contributed by atoms with Gasteiger partial charge in [-0.05, 0) is 24.9 Å². The van der Waals surface area contributed by atoms with Crippen molar-refractivity contribution >= 4 is 29.3 Å². The molecule has 2 aromatic heterocycles. The average Bonchev–Trinajstić information content (AvgIpc) is 2.73. The van der Waals surface area contributed by atoms with Gasteiger partial charge in [-0.3, -0.25) is 0 Å². The molecular weight excluding hydrogens is 244 g/mol. The van der Waals surface area contributed by atoms with Crippen molar-refractivity contribution in [3.63, 3.8) is 0 Å². The van der Waals surface area contributed by atoms with Gasteiger partial charge in [0.1, 0.15) is 0 Å². The smallest absolute Gasteiger partial charge is 0.252 e. The molecule has 0 fully saturated rings. The number of aromatic nitrogens is 4. The van der Waals surface area contributed by atoms with Gasteiger partial charge in [-0.25, -0.2) is 9.50 Å². The Balaban J connectivity index is 2.28. The predicted molar refractivity (Wildman–Crippen MR) is 61.1 cm³/mol. The SMILES string of the molecule is CSc1nc2nc3c(c([O-])n2n1)SCCC3. The molecule has 0 bridgehead atoms. The van der Waals surface area contributed by atoms with Gasteiger partial charge in [0.05, 0.1) is 5.69 Å². The Kier molecular flexibility index (Phi) is 2.44. The zero-order valence-corrected chi connectivity index (χ0v) is 10.3. The van der Waals surface area contributed by atoms with Crippen molar-refractivity contribution in [1.82, 2.24) is 19.6 Å². The predicted octanol–water partition coefficient (Wildman–Crippen LogP) is 0.958. The highest BCUT2D eigenvalue weighted by Crippen LogP contribution is 2.34. The largest absolute Gasteiger partial charge is 0.858 e. The molecular formula is C9H9N4OS2-. The molecule has 0 amide bonds. The molecule has 0 N–H and O–H groups in total. The third-order valence-corrected chi connectivity index (χ3v) is 4.17. The first-order valence-corrected chi connectivity index (χ1v) is 7.14. The summed E-state index contributed by atoms with van der Waals surface area (Å²) in [5, 5.41) is 16.8. The molecule has 84 valence electrons. The molecule has 0 aliphatic carbocycles. The molecule has 2 aromatic rings. The molecule has 7 heteroatoms. The molecule has 3 rings (SSSR count). The van der Waals surface area contributed by atoms with Crippen LogP contribution in [0.15, 0.2) is 10.1 Å². The fourth-order valence-corrected chi connectivity index (χ4v) is 3.05. The molecule has 3 heterocycles. The maximum atomic E-state index is 12.1. The Bertz CT molecular complexity index is 554. The van der Waals surface area contributed by atoms with E-state index in [0.717, 1.165) is 29.2 Å². The topological polar surface area (TPSA) is 66.1 Å². The summed E-state index contributed by atoms with van der Waals surface area (Å²) in [5.41, 5.74) is 0.883. The second-order valence-electron chi connectivity index (χ2n) is 3.46. The lowest BCUT2D eigenvalue weighted by Gasteiger charge is -2.20. The summed E-state index contributed by atoms with van der Waals surface area (Å²) in [5.74, 6) is 1.34. The molecule has 16 heavy (non-hydrogen) atoms. The second kappa shape index (κ2) is 3.81. The third kappa shape index (κ3) is 1.46. The summed E-state index contributed by atoms with van der Waals surface area (Å²) >= 11 is 2.99. The Morgan fingerprint density at radius 1 is 1.44 bits per heavy atom. The first kappa shape index (κ1) is 10.2. The van der Waals surface area contributed by atoms with E-state index >= 15 is 0 Å². The third-order valence-electron chi connectivity index (χ3n) is 2.44. The van der Waals surface area contributed by atoms with Crippen molar-refractivity contribution in [2.24, 2.45) is 0 Å². The maximum Gasteiger partial charge on any atom is 0.252 e. The molecule has 5 nitrogen and oxygen atoms in total. The van der Waals surface area contributed by atoms with E-state index in [2.05, 4.69) is 15.1 Å². The molecule has 0 aromatic carbocycles. The molecule has 0 radical (unpaired) electrons. The Hall–Kier alpha value is -0.950. The van der Waals surface area contributed by atoms with E-state index in [-0.39, 0.29) is 5.88 Å². The Morgan fingerprint density at radius 3 is 3.12 bits per heavy atom. The van der Waals surface area contributed by atoms with Crippen LogP contribution >= 0.6 is 23.5 Å². The molecule has 0 spiro atoms. The normalized spacial score (nSPS) is 15.3. The zero-order valence-electron chi connectivity index (χ0n) is 8.63. The van der Waals surface area contributed by atoms with Crippen LogP contribution in [-0.2, 0) is 6.42 Å². The van der Waals surface area contributed by atoms with E-state index in [1.165, 1.54) is 16.3 Å². The highest BCUT2D eigenvalue weighted by molar-refractivity contribution is 7.99. The minimum atomic E-state index is -0.0718. The van der Waals surface area contributed by atoms with Crippen molar-refractivity contribution in [2.45, 2.75) is 22.9 Å². The van der Waals surface area contributed by atoms with Crippen molar-refractivity contribution in [1.29, 1.82) is 0 Å². The quantitative estimate of drug-likeness (QED) is 0.705. The van der Waals surface area contributed by atoms with Crippen LogP contribution in [0.3, 0.4) is 0 Å². The van der Waals surface area contributed by atoms with Crippen LogP contribution in [0, 0.1) is 0 Å². The summed E-state index contributed by atoms with van der Waals surface area (Å²) in [7, 11) is 0. The molecule has 1 aliphatic heterocycles. The lowest BCUT2D eigenvalue weighted by molar-refractivity contribution is -0.282. The first-order chi connectivity index (χ1) is 7.79. The van der Waals surface area contributed by atoms with Crippen molar-refractivity contribution in [3.8, 4) is 5.88 Å². The summed E-state index contributed by atoms with van der Waals surface area (Å²) in [6.07, 6.45) is 3.83. The summed E-state index contributed by atoms with van der Waals surface area (Å²) in [6.45, 7) is 0. The number of fused-ring (bicyclic) bond motifs is 2. The van der Waals surface area contributed by atoms with Crippen molar-refractivity contribution in [2.75, 3.05) is 12.0 Å².